The van der Waals surface area contributed by atoms with Crippen LogP contribution in [-0.2, 0) is 14.3 Å². The van der Waals surface area contributed by atoms with Crippen molar-refractivity contribution < 1.29 is 19.4 Å². The molecule has 0 radical (unpaired) electrons. The third kappa shape index (κ3) is 1.54. The van der Waals surface area contributed by atoms with Crippen molar-refractivity contribution >= 4 is 11.9 Å². The summed E-state index contributed by atoms with van der Waals surface area (Å²) < 4.78 is 5.28. The summed E-state index contributed by atoms with van der Waals surface area (Å²) in [7, 11) is 0. The lowest BCUT2D eigenvalue weighted by Crippen LogP contribution is -2.41. The van der Waals surface area contributed by atoms with E-state index in [1.54, 1.807) is 0 Å². The van der Waals surface area contributed by atoms with Crippen molar-refractivity contribution in [2.24, 2.45) is 11.8 Å². The Morgan fingerprint density at radius 2 is 2.27 bits per heavy atom. The number of carbonyl (C=O) groups excluding carboxylic acids is 1. The second-order valence-corrected chi connectivity index (χ2v) is 4.43. The Bertz CT molecular complexity index is 323. The molecule has 0 spiro atoms. The topological polar surface area (TPSA) is 63.6 Å². The van der Waals surface area contributed by atoms with Crippen molar-refractivity contribution in [3.63, 3.8) is 0 Å². The predicted octanol–water partition coefficient (Wildman–Crippen LogP) is 1.36. The van der Waals surface area contributed by atoms with E-state index in [0.29, 0.717) is 25.2 Å². The van der Waals surface area contributed by atoms with Gasteiger partial charge in [-0.3, -0.25) is 4.79 Å². The van der Waals surface area contributed by atoms with Crippen molar-refractivity contribution in [2.45, 2.75) is 31.3 Å². The van der Waals surface area contributed by atoms with Gasteiger partial charge in [0, 0.05) is 6.08 Å². The first kappa shape index (κ1) is 10.2. The van der Waals surface area contributed by atoms with Crippen LogP contribution in [0.25, 0.3) is 0 Å². The lowest BCUT2D eigenvalue weighted by Gasteiger charge is -2.31. The van der Waals surface area contributed by atoms with Crippen molar-refractivity contribution in [3.8, 4) is 0 Å². The molecule has 0 aliphatic heterocycles. The number of hydrogen-bond donors (Lipinski definition) is 1. The lowest BCUT2D eigenvalue weighted by molar-refractivity contribution is -0.166. The fourth-order valence-electron chi connectivity index (χ4n) is 2.94. The number of ether oxygens (including phenoxy) is 1. The molecule has 2 aliphatic rings. The monoisotopic (exact) mass is 210 g/mol. The van der Waals surface area contributed by atoms with Gasteiger partial charge in [0.25, 0.3) is 0 Å². The molecule has 2 aliphatic carbocycles. The number of carboxylic acids is 1. The van der Waals surface area contributed by atoms with Crippen LogP contribution in [0.5, 0.6) is 0 Å². The minimum Gasteiger partial charge on any atom is -0.481 e. The van der Waals surface area contributed by atoms with Crippen molar-refractivity contribution in [1.29, 1.82) is 0 Å². The molecule has 2 fully saturated rings. The first-order valence-corrected chi connectivity index (χ1v) is 5.15. The van der Waals surface area contributed by atoms with Gasteiger partial charge >= 0.3 is 11.9 Å². The van der Waals surface area contributed by atoms with Gasteiger partial charge in [0.1, 0.15) is 5.60 Å². The zero-order chi connectivity index (χ0) is 11.1. The smallest absolute Gasteiger partial charge is 0.330 e. The summed E-state index contributed by atoms with van der Waals surface area (Å²) in [5.74, 6) is -1.48. The summed E-state index contributed by atoms with van der Waals surface area (Å²) in [6, 6.07) is 0. The highest BCUT2D eigenvalue weighted by atomic mass is 16.6. The Kier molecular flexibility index (Phi) is 2.29. The van der Waals surface area contributed by atoms with Gasteiger partial charge in [-0.05, 0) is 31.6 Å². The number of hydrogen-bond acceptors (Lipinski definition) is 3. The van der Waals surface area contributed by atoms with Crippen LogP contribution in [0.1, 0.15) is 25.7 Å². The van der Waals surface area contributed by atoms with Crippen molar-refractivity contribution in [1.82, 2.24) is 0 Å². The number of carbonyl (C=O) groups is 2. The van der Waals surface area contributed by atoms with E-state index in [1.165, 1.54) is 0 Å². The average Bonchev–Trinajstić information content (AvgIpc) is 2.74. The fourth-order valence-corrected chi connectivity index (χ4v) is 2.94. The zero-order valence-electron chi connectivity index (χ0n) is 8.44. The van der Waals surface area contributed by atoms with E-state index in [2.05, 4.69) is 6.58 Å². The molecule has 3 unspecified atom stereocenters. The van der Waals surface area contributed by atoms with Gasteiger partial charge < -0.3 is 9.84 Å². The maximum atomic E-state index is 11.2. The lowest BCUT2D eigenvalue weighted by atomic mass is 9.85. The molecule has 0 aromatic heterocycles. The standard InChI is InChI=1S/C11H14O4/c1-2-9(12)15-11-4-3-7(6-11)5-8(11)10(13)14/h2,7-8H,1,3-6H2,(H,13,14). The molecule has 4 heteroatoms. The summed E-state index contributed by atoms with van der Waals surface area (Å²) in [4.78, 5) is 22.2. The number of aliphatic carboxylic acids is 1. The predicted molar refractivity (Wildman–Crippen MR) is 52.1 cm³/mol. The van der Waals surface area contributed by atoms with E-state index in [0.717, 1.165) is 12.5 Å². The van der Waals surface area contributed by atoms with E-state index in [4.69, 9.17) is 9.84 Å². The quantitative estimate of drug-likeness (QED) is 0.564. The Balaban J connectivity index is 2.19. The van der Waals surface area contributed by atoms with Gasteiger partial charge in [-0.2, -0.15) is 0 Å². The Morgan fingerprint density at radius 3 is 2.80 bits per heavy atom. The van der Waals surface area contributed by atoms with Crippen LogP contribution in [-0.4, -0.2) is 22.6 Å². The molecule has 15 heavy (non-hydrogen) atoms. The van der Waals surface area contributed by atoms with Crippen LogP contribution in [0.15, 0.2) is 12.7 Å². The molecule has 1 N–H and O–H groups in total. The number of carboxylic acid groups (broad SMARTS) is 1. The molecule has 0 heterocycles. The van der Waals surface area contributed by atoms with Gasteiger partial charge in [0.2, 0.25) is 0 Å². The van der Waals surface area contributed by atoms with Crippen LogP contribution in [0.4, 0.5) is 0 Å². The Morgan fingerprint density at radius 1 is 1.53 bits per heavy atom. The number of esters is 1. The van der Waals surface area contributed by atoms with Gasteiger partial charge in [-0.25, -0.2) is 4.79 Å². The molecule has 2 saturated carbocycles. The van der Waals surface area contributed by atoms with Crippen LogP contribution in [0.3, 0.4) is 0 Å². The summed E-state index contributed by atoms with van der Waals surface area (Å²) in [5.41, 5.74) is -0.748. The van der Waals surface area contributed by atoms with Gasteiger partial charge in [0.05, 0.1) is 5.92 Å². The highest BCUT2D eigenvalue weighted by molar-refractivity contribution is 5.82. The normalized spacial score (nSPS) is 37.6. The van der Waals surface area contributed by atoms with E-state index < -0.39 is 23.5 Å². The fraction of sp³-hybridized carbons (Fsp3) is 0.636. The second-order valence-electron chi connectivity index (χ2n) is 4.43. The van der Waals surface area contributed by atoms with Crippen LogP contribution in [0, 0.1) is 11.8 Å². The number of fused-ring (bicyclic) bond motifs is 2. The zero-order valence-corrected chi connectivity index (χ0v) is 8.44. The summed E-state index contributed by atoms with van der Waals surface area (Å²) in [6.07, 6.45) is 4.07. The maximum absolute atomic E-state index is 11.2. The van der Waals surface area contributed by atoms with Gasteiger partial charge in [-0.15, -0.1) is 0 Å². The van der Waals surface area contributed by atoms with Crippen LogP contribution < -0.4 is 0 Å². The maximum Gasteiger partial charge on any atom is 0.330 e. The molecule has 0 aromatic carbocycles. The van der Waals surface area contributed by atoms with E-state index in [9.17, 15) is 9.59 Å². The van der Waals surface area contributed by atoms with E-state index in [-0.39, 0.29) is 0 Å². The molecule has 0 saturated heterocycles. The van der Waals surface area contributed by atoms with E-state index >= 15 is 0 Å². The summed E-state index contributed by atoms with van der Waals surface area (Å²) in [6.45, 7) is 3.33. The minimum absolute atomic E-state index is 0.406. The van der Waals surface area contributed by atoms with Crippen LogP contribution >= 0.6 is 0 Å². The first-order valence-electron chi connectivity index (χ1n) is 5.15. The summed E-state index contributed by atoms with van der Waals surface area (Å²) >= 11 is 0. The molecule has 0 aromatic rings. The summed E-state index contributed by atoms with van der Waals surface area (Å²) in [5, 5.41) is 9.07. The number of rotatable bonds is 3. The third-order valence-corrected chi connectivity index (χ3v) is 3.58. The second kappa shape index (κ2) is 3.36. The molecule has 2 bridgehead atoms. The molecule has 4 nitrogen and oxygen atoms in total. The van der Waals surface area contributed by atoms with Crippen molar-refractivity contribution in [2.75, 3.05) is 0 Å². The molecule has 0 amide bonds. The Labute approximate surface area is 87.9 Å². The first-order chi connectivity index (χ1) is 7.07. The highest BCUT2D eigenvalue weighted by Gasteiger charge is 2.57. The van der Waals surface area contributed by atoms with E-state index in [1.807, 2.05) is 0 Å². The molecule has 2 rings (SSSR count). The van der Waals surface area contributed by atoms with Gasteiger partial charge in [0.15, 0.2) is 0 Å². The largest absolute Gasteiger partial charge is 0.481 e. The third-order valence-electron chi connectivity index (χ3n) is 3.58. The highest BCUT2D eigenvalue weighted by Crippen LogP contribution is 2.53. The molecular formula is C11H14O4. The van der Waals surface area contributed by atoms with Crippen LogP contribution in [0.2, 0.25) is 0 Å². The Hall–Kier alpha value is -1.32. The SMILES string of the molecule is C=CC(=O)OC12CCC(CC1C(=O)O)C2. The molecule has 3 atom stereocenters. The van der Waals surface area contributed by atoms with Gasteiger partial charge in [-0.1, -0.05) is 6.58 Å². The average molecular weight is 210 g/mol. The van der Waals surface area contributed by atoms with Crippen molar-refractivity contribution in [3.05, 3.63) is 12.7 Å². The molecular weight excluding hydrogens is 196 g/mol. The minimum atomic E-state index is -0.853. The molecule has 82 valence electrons.